The lowest BCUT2D eigenvalue weighted by molar-refractivity contribution is 0.0595. The molecule has 6 heteroatoms. The normalized spacial score (nSPS) is 10.4. The molecule has 106 valence electrons. The molecule has 0 radical (unpaired) electrons. The number of carbonyl (C=O) groups is 1. The van der Waals surface area contributed by atoms with Crippen molar-refractivity contribution in [2.24, 2.45) is 7.05 Å². The van der Waals surface area contributed by atoms with Crippen molar-refractivity contribution in [1.82, 2.24) is 9.78 Å². The van der Waals surface area contributed by atoms with Crippen molar-refractivity contribution in [3.63, 3.8) is 0 Å². The Kier molecular flexibility index (Phi) is 4.02. The Morgan fingerprint density at radius 2 is 2.25 bits per heavy atom. The summed E-state index contributed by atoms with van der Waals surface area (Å²) in [5.74, 6) is -1.26. The SMILES string of the molecule is COC(=O)c1ccc(CNc2cn(C)nc2C)cc1F. The highest BCUT2D eigenvalue weighted by molar-refractivity contribution is 5.89. The molecule has 0 bridgehead atoms. The third-order valence-corrected chi connectivity index (χ3v) is 2.94. The lowest BCUT2D eigenvalue weighted by atomic mass is 10.1. The predicted molar refractivity (Wildman–Crippen MR) is 73.0 cm³/mol. The van der Waals surface area contributed by atoms with E-state index in [-0.39, 0.29) is 5.56 Å². The first kappa shape index (κ1) is 14.0. The average Bonchev–Trinajstić information content (AvgIpc) is 2.74. The third-order valence-electron chi connectivity index (χ3n) is 2.94. The van der Waals surface area contributed by atoms with Gasteiger partial charge in [0.1, 0.15) is 5.82 Å². The molecule has 0 saturated carbocycles. The first-order chi connectivity index (χ1) is 9.51. The number of hydrogen-bond donors (Lipinski definition) is 1. The quantitative estimate of drug-likeness (QED) is 0.871. The van der Waals surface area contributed by atoms with E-state index in [9.17, 15) is 9.18 Å². The zero-order valence-corrected chi connectivity index (χ0v) is 11.6. The van der Waals surface area contributed by atoms with Gasteiger partial charge in [-0.05, 0) is 24.6 Å². The van der Waals surface area contributed by atoms with E-state index in [2.05, 4.69) is 15.2 Å². The number of hydrogen-bond acceptors (Lipinski definition) is 4. The standard InChI is InChI=1S/C14H16FN3O2/c1-9-13(8-18(2)17-9)16-7-10-4-5-11(12(15)6-10)14(19)20-3/h4-6,8,16H,7H2,1-3H3. The minimum atomic E-state index is -0.676. The van der Waals surface area contributed by atoms with Crippen LogP contribution in [0.4, 0.5) is 10.1 Å². The van der Waals surface area contributed by atoms with Crippen LogP contribution in [0.15, 0.2) is 24.4 Å². The number of benzene rings is 1. The Morgan fingerprint density at radius 1 is 1.50 bits per heavy atom. The highest BCUT2D eigenvalue weighted by Crippen LogP contribution is 2.15. The summed E-state index contributed by atoms with van der Waals surface area (Å²) in [4.78, 5) is 11.3. The van der Waals surface area contributed by atoms with Crippen molar-refractivity contribution >= 4 is 11.7 Å². The molecule has 2 aromatic rings. The van der Waals surface area contributed by atoms with Crippen LogP contribution in [0.3, 0.4) is 0 Å². The van der Waals surface area contributed by atoms with Crippen LogP contribution in [0.5, 0.6) is 0 Å². The van der Waals surface area contributed by atoms with E-state index in [0.717, 1.165) is 16.9 Å². The van der Waals surface area contributed by atoms with Gasteiger partial charge in [-0.25, -0.2) is 9.18 Å². The molecule has 0 aliphatic rings. The number of nitrogens with one attached hydrogen (secondary N) is 1. The molecule has 0 amide bonds. The summed E-state index contributed by atoms with van der Waals surface area (Å²) >= 11 is 0. The number of halogens is 1. The van der Waals surface area contributed by atoms with Crippen LogP contribution in [0.2, 0.25) is 0 Å². The Bertz CT molecular complexity index is 637. The van der Waals surface area contributed by atoms with Gasteiger partial charge in [-0.3, -0.25) is 4.68 Å². The van der Waals surface area contributed by atoms with E-state index in [0.29, 0.717) is 6.54 Å². The summed E-state index contributed by atoms with van der Waals surface area (Å²) in [5, 5.41) is 7.38. The van der Waals surface area contributed by atoms with E-state index in [1.54, 1.807) is 10.7 Å². The zero-order chi connectivity index (χ0) is 14.7. The number of rotatable bonds is 4. The van der Waals surface area contributed by atoms with Gasteiger partial charge in [0.15, 0.2) is 0 Å². The lowest BCUT2D eigenvalue weighted by Crippen LogP contribution is -2.06. The molecule has 0 fully saturated rings. The Hall–Kier alpha value is -2.37. The van der Waals surface area contributed by atoms with E-state index in [1.165, 1.54) is 19.2 Å². The number of ether oxygens (including phenoxy) is 1. The molecule has 1 aromatic heterocycles. The van der Waals surface area contributed by atoms with Crippen molar-refractivity contribution in [3.8, 4) is 0 Å². The van der Waals surface area contributed by atoms with Crippen molar-refractivity contribution < 1.29 is 13.9 Å². The number of esters is 1. The van der Waals surface area contributed by atoms with Crippen LogP contribution in [-0.2, 0) is 18.3 Å². The number of nitrogens with zero attached hydrogens (tertiary/aromatic N) is 2. The fourth-order valence-electron chi connectivity index (χ4n) is 1.91. The maximum absolute atomic E-state index is 13.8. The highest BCUT2D eigenvalue weighted by Gasteiger charge is 2.12. The maximum atomic E-state index is 13.8. The number of carbonyl (C=O) groups excluding carboxylic acids is 1. The molecular formula is C14H16FN3O2. The second-order valence-electron chi connectivity index (χ2n) is 4.46. The Morgan fingerprint density at radius 3 is 2.80 bits per heavy atom. The summed E-state index contributed by atoms with van der Waals surface area (Å²) in [7, 11) is 3.06. The molecule has 1 heterocycles. The first-order valence-corrected chi connectivity index (χ1v) is 6.12. The number of methoxy groups -OCH3 is 1. The molecule has 1 aromatic carbocycles. The minimum absolute atomic E-state index is 0.0613. The van der Waals surface area contributed by atoms with Crippen molar-refractivity contribution in [2.75, 3.05) is 12.4 Å². The first-order valence-electron chi connectivity index (χ1n) is 6.12. The van der Waals surface area contributed by atoms with Gasteiger partial charge in [0, 0.05) is 19.8 Å². The van der Waals surface area contributed by atoms with Gasteiger partial charge in [0.25, 0.3) is 0 Å². The predicted octanol–water partition coefficient (Wildman–Crippen LogP) is 2.27. The molecular weight excluding hydrogens is 261 g/mol. The largest absolute Gasteiger partial charge is 0.465 e. The molecule has 0 saturated heterocycles. The third kappa shape index (κ3) is 2.96. The zero-order valence-electron chi connectivity index (χ0n) is 11.6. The lowest BCUT2D eigenvalue weighted by Gasteiger charge is -2.07. The number of aromatic nitrogens is 2. The van der Waals surface area contributed by atoms with Gasteiger partial charge in [-0.1, -0.05) is 6.07 Å². The van der Waals surface area contributed by atoms with Crippen LogP contribution in [0.25, 0.3) is 0 Å². The molecule has 20 heavy (non-hydrogen) atoms. The van der Waals surface area contributed by atoms with E-state index in [4.69, 9.17) is 0 Å². The van der Waals surface area contributed by atoms with E-state index < -0.39 is 11.8 Å². The average molecular weight is 277 g/mol. The molecule has 2 rings (SSSR count). The minimum Gasteiger partial charge on any atom is -0.465 e. The van der Waals surface area contributed by atoms with Gasteiger partial charge in [0.05, 0.1) is 24.1 Å². The fraction of sp³-hybridized carbons (Fsp3) is 0.286. The number of aryl methyl sites for hydroxylation is 2. The smallest absolute Gasteiger partial charge is 0.340 e. The van der Waals surface area contributed by atoms with Crippen LogP contribution in [0.1, 0.15) is 21.6 Å². The van der Waals surface area contributed by atoms with Crippen LogP contribution < -0.4 is 5.32 Å². The fourth-order valence-corrected chi connectivity index (χ4v) is 1.91. The number of anilines is 1. The summed E-state index contributed by atoms with van der Waals surface area (Å²) in [6.07, 6.45) is 1.86. The summed E-state index contributed by atoms with van der Waals surface area (Å²) in [6, 6.07) is 4.44. The van der Waals surface area contributed by atoms with Crippen LogP contribution in [-0.4, -0.2) is 22.9 Å². The van der Waals surface area contributed by atoms with Gasteiger partial charge < -0.3 is 10.1 Å². The highest BCUT2D eigenvalue weighted by atomic mass is 19.1. The van der Waals surface area contributed by atoms with Gasteiger partial charge in [0.2, 0.25) is 0 Å². The van der Waals surface area contributed by atoms with E-state index in [1.807, 2.05) is 20.2 Å². The molecule has 1 N–H and O–H groups in total. The summed E-state index contributed by atoms with van der Waals surface area (Å²) < 4.78 is 20.0. The topological polar surface area (TPSA) is 56.1 Å². The molecule has 0 aliphatic heterocycles. The van der Waals surface area contributed by atoms with Crippen LogP contribution in [0, 0.1) is 12.7 Å². The molecule has 0 unspecified atom stereocenters. The van der Waals surface area contributed by atoms with Crippen molar-refractivity contribution in [2.45, 2.75) is 13.5 Å². The van der Waals surface area contributed by atoms with Crippen molar-refractivity contribution in [3.05, 3.63) is 47.0 Å². The molecule has 0 atom stereocenters. The van der Waals surface area contributed by atoms with Gasteiger partial charge >= 0.3 is 5.97 Å². The summed E-state index contributed by atoms with van der Waals surface area (Å²) in [5.41, 5.74) is 2.44. The van der Waals surface area contributed by atoms with Gasteiger partial charge in [-0.15, -0.1) is 0 Å². The second-order valence-corrected chi connectivity index (χ2v) is 4.46. The Balaban J connectivity index is 2.09. The summed E-state index contributed by atoms with van der Waals surface area (Å²) in [6.45, 7) is 2.34. The second kappa shape index (κ2) is 5.73. The Labute approximate surface area is 116 Å². The molecule has 0 aliphatic carbocycles. The monoisotopic (exact) mass is 277 g/mol. The molecule has 0 spiro atoms. The van der Waals surface area contributed by atoms with E-state index >= 15 is 0 Å². The van der Waals surface area contributed by atoms with Crippen molar-refractivity contribution in [1.29, 1.82) is 0 Å². The van der Waals surface area contributed by atoms with Gasteiger partial charge in [-0.2, -0.15) is 5.10 Å². The van der Waals surface area contributed by atoms with Crippen LogP contribution >= 0.6 is 0 Å². The molecule has 5 nitrogen and oxygen atoms in total. The maximum Gasteiger partial charge on any atom is 0.340 e.